The third kappa shape index (κ3) is 3.78. The van der Waals surface area contributed by atoms with Crippen LogP contribution in [0.4, 0.5) is 11.5 Å². The zero-order valence-corrected chi connectivity index (χ0v) is 16.8. The molecule has 2 heterocycles. The summed E-state index contributed by atoms with van der Waals surface area (Å²) in [6.45, 7) is 8.62. The first-order valence-electron chi connectivity index (χ1n) is 8.62. The molecule has 3 rings (SSSR count). The summed E-state index contributed by atoms with van der Waals surface area (Å²) in [5, 5.41) is 8.34. The number of hydrogen-bond acceptors (Lipinski definition) is 6. The molecule has 0 bridgehead atoms. The maximum atomic E-state index is 12.1. The predicted octanol–water partition coefficient (Wildman–Crippen LogP) is 2.95. The molecule has 26 heavy (non-hydrogen) atoms. The summed E-state index contributed by atoms with van der Waals surface area (Å²) in [7, 11) is -3.39. The molecule has 0 amide bonds. The minimum atomic E-state index is -3.39. The van der Waals surface area contributed by atoms with Crippen molar-refractivity contribution in [2.75, 3.05) is 36.0 Å². The number of aromatic nitrogens is 2. The highest BCUT2D eigenvalue weighted by molar-refractivity contribution is 7.91. The standard InChI is InChI=1S/C18H23ClN4O2S/c1-13(2)26(24,25)18-7-6-17(20-21-18)23-10-8-22(9-11-23)16-12-15(19)5-4-14(16)3/h4-7,12-13H,8-11H2,1-3H3. The summed E-state index contributed by atoms with van der Waals surface area (Å²) >= 11 is 6.13. The lowest BCUT2D eigenvalue weighted by molar-refractivity contribution is 0.580. The van der Waals surface area contributed by atoms with Crippen molar-refractivity contribution in [3.05, 3.63) is 40.9 Å². The Labute approximate surface area is 159 Å². The quantitative estimate of drug-likeness (QED) is 0.794. The van der Waals surface area contributed by atoms with E-state index >= 15 is 0 Å². The summed E-state index contributed by atoms with van der Waals surface area (Å²) < 4.78 is 24.3. The Morgan fingerprint density at radius 1 is 1.00 bits per heavy atom. The van der Waals surface area contributed by atoms with Crippen molar-refractivity contribution in [3.8, 4) is 0 Å². The van der Waals surface area contributed by atoms with Gasteiger partial charge in [-0.2, -0.15) is 0 Å². The largest absolute Gasteiger partial charge is 0.368 e. The third-order valence-electron chi connectivity index (χ3n) is 4.65. The van der Waals surface area contributed by atoms with Gasteiger partial charge in [-0.05, 0) is 50.6 Å². The first-order valence-corrected chi connectivity index (χ1v) is 10.5. The fourth-order valence-corrected chi connectivity index (χ4v) is 4.04. The van der Waals surface area contributed by atoms with E-state index in [4.69, 9.17) is 11.6 Å². The van der Waals surface area contributed by atoms with Gasteiger partial charge in [-0.15, -0.1) is 10.2 Å². The molecule has 0 atom stereocenters. The number of hydrogen-bond donors (Lipinski definition) is 0. The lowest BCUT2D eigenvalue weighted by Crippen LogP contribution is -2.47. The van der Waals surface area contributed by atoms with Crippen LogP contribution in [-0.2, 0) is 9.84 Å². The highest BCUT2D eigenvalue weighted by atomic mass is 35.5. The molecular formula is C18H23ClN4O2S. The van der Waals surface area contributed by atoms with Crippen LogP contribution < -0.4 is 9.80 Å². The van der Waals surface area contributed by atoms with Gasteiger partial charge in [0.25, 0.3) is 0 Å². The van der Waals surface area contributed by atoms with Crippen molar-refractivity contribution >= 4 is 32.9 Å². The molecule has 8 heteroatoms. The molecule has 1 aliphatic rings. The van der Waals surface area contributed by atoms with E-state index in [1.165, 1.54) is 5.56 Å². The summed E-state index contributed by atoms with van der Waals surface area (Å²) in [6.07, 6.45) is 0. The smallest absolute Gasteiger partial charge is 0.199 e. The van der Waals surface area contributed by atoms with Gasteiger partial charge >= 0.3 is 0 Å². The third-order valence-corrected chi connectivity index (χ3v) is 6.93. The zero-order valence-electron chi connectivity index (χ0n) is 15.2. The molecule has 0 unspecified atom stereocenters. The van der Waals surface area contributed by atoms with Crippen LogP contribution in [0.15, 0.2) is 35.4 Å². The maximum Gasteiger partial charge on any atom is 0.199 e. The van der Waals surface area contributed by atoms with Crippen LogP contribution in [0.5, 0.6) is 0 Å². The fraction of sp³-hybridized carbons (Fsp3) is 0.444. The van der Waals surface area contributed by atoms with Crippen molar-refractivity contribution in [3.63, 3.8) is 0 Å². The zero-order chi connectivity index (χ0) is 18.9. The topological polar surface area (TPSA) is 66.4 Å². The van der Waals surface area contributed by atoms with Crippen molar-refractivity contribution in [1.29, 1.82) is 0 Å². The second kappa shape index (κ2) is 7.40. The Morgan fingerprint density at radius 2 is 1.65 bits per heavy atom. The predicted molar refractivity (Wildman–Crippen MR) is 105 cm³/mol. The molecule has 0 aliphatic carbocycles. The highest BCUT2D eigenvalue weighted by Gasteiger charge is 2.23. The minimum absolute atomic E-state index is 0.0319. The molecule has 0 saturated carbocycles. The molecule has 0 N–H and O–H groups in total. The minimum Gasteiger partial charge on any atom is -0.368 e. The second-order valence-corrected chi connectivity index (χ2v) is 9.62. The number of anilines is 2. The van der Waals surface area contributed by atoms with E-state index in [1.54, 1.807) is 26.0 Å². The Balaban J connectivity index is 1.69. The maximum absolute atomic E-state index is 12.1. The summed E-state index contributed by atoms with van der Waals surface area (Å²) in [4.78, 5) is 4.43. The monoisotopic (exact) mass is 394 g/mol. The molecule has 2 aromatic rings. The SMILES string of the molecule is Cc1ccc(Cl)cc1N1CCN(c2ccc(S(=O)(=O)C(C)C)nn2)CC1. The molecule has 1 aromatic heterocycles. The van der Waals surface area contributed by atoms with Gasteiger partial charge in [0.05, 0.1) is 5.25 Å². The molecule has 1 aromatic carbocycles. The van der Waals surface area contributed by atoms with Crippen molar-refractivity contribution in [1.82, 2.24) is 10.2 Å². The molecule has 6 nitrogen and oxygen atoms in total. The number of halogens is 1. The molecule has 140 valence electrons. The van der Waals surface area contributed by atoms with Crippen LogP contribution in [0.1, 0.15) is 19.4 Å². The van der Waals surface area contributed by atoms with Crippen LogP contribution >= 0.6 is 11.6 Å². The average molecular weight is 395 g/mol. The number of benzene rings is 1. The van der Waals surface area contributed by atoms with Gasteiger partial charge in [-0.3, -0.25) is 0 Å². The fourth-order valence-electron chi connectivity index (χ4n) is 2.97. The number of aryl methyl sites for hydroxylation is 1. The highest BCUT2D eigenvalue weighted by Crippen LogP contribution is 2.26. The molecule has 0 spiro atoms. The van der Waals surface area contributed by atoms with Gasteiger partial charge in [0.15, 0.2) is 20.7 Å². The van der Waals surface area contributed by atoms with Crippen LogP contribution in [0.25, 0.3) is 0 Å². The summed E-state index contributed by atoms with van der Waals surface area (Å²) in [5.74, 6) is 0.704. The number of rotatable bonds is 4. The average Bonchev–Trinajstić information content (AvgIpc) is 2.64. The Morgan fingerprint density at radius 3 is 2.23 bits per heavy atom. The Kier molecular flexibility index (Phi) is 5.39. The molecule has 1 saturated heterocycles. The normalized spacial score (nSPS) is 15.6. The Bertz CT molecular complexity index is 877. The molecular weight excluding hydrogens is 372 g/mol. The molecule has 1 aliphatic heterocycles. The van der Waals surface area contributed by atoms with Gasteiger partial charge < -0.3 is 9.80 Å². The molecule has 1 fully saturated rings. The number of piperazine rings is 1. The van der Waals surface area contributed by atoms with Gasteiger partial charge in [-0.1, -0.05) is 17.7 Å². The number of nitrogens with zero attached hydrogens (tertiary/aromatic N) is 4. The lowest BCUT2D eigenvalue weighted by atomic mass is 10.1. The van der Waals surface area contributed by atoms with E-state index in [2.05, 4.69) is 26.9 Å². The first-order chi connectivity index (χ1) is 12.3. The van der Waals surface area contributed by atoms with Gasteiger partial charge in [0.1, 0.15) is 0 Å². The lowest BCUT2D eigenvalue weighted by Gasteiger charge is -2.37. The van der Waals surface area contributed by atoms with Crippen molar-refractivity contribution < 1.29 is 8.42 Å². The van der Waals surface area contributed by atoms with E-state index < -0.39 is 15.1 Å². The number of sulfone groups is 1. The van der Waals surface area contributed by atoms with E-state index in [9.17, 15) is 8.42 Å². The van der Waals surface area contributed by atoms with E-state index in [0.717, 1.165) is 36.9 Å². The van der Waals surface area contributed by atoms with Crippen LogP contribution in [-0.4, -0.2) is 50.0 Å². The summed E-state index contributed by atoms with van der Waals surface area (Å²) in [5.41, 5.74) is 2.35. The van der Waals surface area contributed by atoms with Crippen LogP contribution in [0.2, 0.25) is 5.02 Å². The Hall–Kier alpha value is -1.86. The van der Waals surface area contributed by atoms with Crippen LogP contribution in [0.3, 0.4) is 0 Å². The van der Waals surface area contributed by atoms with Crippen molar-refractivity contribution in [2.24, 2.45) is 0 Å². The van der Waals surface area contributed by atoms with Gasteiger partial charge in [0.2, 0.25) is 0 Å². The van der Waals surface area contributed by atoms with Crippen LogP contribution in [0, 0.1) is 6.92 Å². The van der Waals surface area contributed by atoms with Gasteiger partial charge in [0, 0.05) is 36.9 Å². The summed E-state index contributed by atoms with van der Waals surface area (Å²) in [6, 6.07) is 9.22. The van der Waals surface area contributed by atoms with Crippen molar-refractivity contribution in [2.45, 2.75) is 31.0 Å². The van der Waals surface area contributed by atoms with Gasteiger partial charge in [-0.25, -0.2) is 8.42 Å². The second-order valence-electron chi connectivity index (χ2n) is 6.73. The van der Waals surface area contributed by atoms with E-state index in [1.807, 2.05) is 18.2 Å². The molecule has 0 radical (unpaired) electrons. The van der Waals surface area contributed by atoms with E-state index in [0.29, 0.717) is 5.82 Å². The first kappa shape index (κ1) is 18.9. The van der Waals surface area contributed by atoms with E-state index in [-0.39, 0.29) is 5.03 Å².